The van der Waals surface area contributed by atoms with Gasteiger partial charge in [0.25, 0.3) is 0 Å². The highest BCUT2D eigenvalue weighted by Crippen LogP contribution is 2.29. The zero-order valence-electron chi connectivity index (χ0n) is 10.9. The van der Waals surface area contributed by atoms with Crippen molar-refractivity contribution in [3.05, 3.63) is 40.4 Å². The lowest BCUT2D eigenvalue weighted by atomic mass is 9.98. The minimum Gasteiger partial charge on any atom is -0.480 e. The zero-order chi connectivity index (χ0) is 14.6. The second-order valence-corrected chi connectivity index (χ2v) is 5.89. The van der Waals surface area contributed by atoms with Gasteiger partial charge in [0.15, 0.2) is 0 Å². The van der Waals surface area contributed by atoms with Gasteiger partial charge in [0.1, 0.15) is 5.54 Å². The molecular weight excluding hydrogens is 322 g/mol. The summed E-state index contributed by atoms with van der Waals surface area (Å²) >= 11 is 3.36. The molecule has 4 nitrogen and oxygen atoms in total. The highest BCUT2D eigenvalue weighted by atomic mass is 79.9. The van der Waals surface area contributed by atoms with E-state index in [1.807, 2.05) is 24.3 Å². The average molecular weight is 338 g/mol. The minimum absolute atomic E-state index is 0.366. The summed E-state index contributed by atoms with van der Waals surface area (Å²) in [6.07, 6.45) is 5.72. The Hall–Kier alpha value is -1.62. The summed E-state index contributed by atoms with van der Waals surface area (Å²) in [7, 11) is 0. The van der Waals surface area contributed by atoms with Crippen molar-refractivity contribution in [3.63, 3.8) is 0 Å². The fourth-order valence-corrected chi connectivity index (χ4v) is 2.85. The van der Waals surface area contributed by atoms with Gasteiger partial charge in [0.05, 0.1) is 0 Å². The summed E-state index contributed by atoms with van der Waals surface area (Å²) < 4.78 is 0.929. The number of carbonyl (C=O) groups is 2. The van der Waals surface area contributed by atoms with Crippen molar-refractivity contribution < 1.29 is 14.7 Å². The number of aliphatic carboxylic acids is 1. The van der Waals surface area contributed by atoms with Crippen LogP contribution in [0.1, 0.15) is 31.2 Å². The number of carboxylic acid groups (broad SMARTS) is 1. The Morgan fingerprint density at radius 1 is 1.30 bits per heavy atom. The van der Waals surface area contributed by atoms with Crippen molar-refractivity contribution in [2.45, 2.75) is 31.2 Å². The van der Waals surface area contributed by atoms with Crippen molar-refractivity contribution in [2.24, 2.45) is 0 Å². The van der Waals surface area contributed by atoms with E-state index in [0.717, 1.165) is 22.9 Å². The molecule has 1 aromatic carbocycles. The van der Waals surface area contributed by atoms with Gasteiger partial charge in [0, 0.05) is 10.5 Å². The number of hydrogen-bond acceptors (Lipinski definition) is 2. The van der Waals surface area contributed by atoms with Gasteiger partial charge in [-0.25, -0.2) is 4.79 Å². The first kappa shape index (κ1) is 14.8. The molecule has 1 amide bonds. The smallest absolute Gasteiger partial charge is 0.329 e. The fourth-order valence-electron chi connectivity index (χ4n) is 2.43. The lowest BCUT2D eigenvalue weighted by molar-refractivity contribution is -0.146. The van der Waals surface area contributed by atoms with Crippen molar-refractivity contribution in [3.8, 4) is 0 Å². The third-order valence-corrected chi connectivity index (χ3v) is 4.00. The Morgan fingerprint density at radius 2 is 2.00 bits per heavy atom. The van der Waals surface area contributed by atoms with Crippen LogP contribution < -0.4 is 5.32 Å². The Labute approximate surface area is 126 Å². The largest absolute Gasteiger partial charge is 0.480 e. The Kier molecular flexibility index (Phi) is 4.60. The summed E-state index contributed by atoms with van der Waals surface area (Å²) in [5.41, 5.74) is -0.205. The molecule has 0 heterocycles. The standard InChI is InChI=1S/C15H16BrNO3/c16-12-5-3-4-11(10-12)6-7-13(18)17-15(14(19)20)8-1-2-9-15/h3-7,10H,1-2,8-9H2,(H,17,18)(H,19,20)/b7-6+. The van der Waals surface area contributed by atoms with E-state index in [2.05, 4.69) is 21.2 Å². The fraction of sp³-hybridized carbons (Fsp3) is 0.333. The quantitative estimate of drug-likeness (QED) is 0.830. The Morgan fingerprint density at radius 3 is 2.60 bits per heavy atom. The molecule has 0 unspecified atom stereocenters. The van der Waals surface area contributed by atoms with Crippen molar-refractivity contribution in [1.29, 1.82) is 0 Å². The zero-order valence-corrected chi connectivity index (χ0v) is 12.5. The van der Waals surface area contributed by atoms with E-state index in [9.17, 15) is 14.7 Å². The SMILES string of the molecule is O=C(/C=C/c1cccc(Br)c1)NC1(C(=O)O)CCCC1. The maximum absolute atomic E-state index is 11.9. The Bertz CT molecular complexity index is 548. The molecule has 1 aliphatic carbocycles. The van der Waals surface area contributed by atoms with Crippen LogP contribution in [0.2, 0.25) is 0 Å². The van der Waals surface area contributed by atoms with Crippen LogP contribution >= 0.6 is 15.9 Å². The predicted molar refractivity (Wildman–Crippen MR) is 80.2 cm³/mol. The lowest BCUT2D eigenvalue weighted by Crippen LogP contribution is -2.52. The molecule has 1 fully saturated rings. The number of carboxylic acids is 1. The number of nitrogens with one attached hydrogen (secondary N) is 1. The van der Waals surface area contributed by atoms with Crippen molar-refractivity contribution in [2.75, 3.05) is 0 Å². The van der Waals surface area contributed by atoms with Crippen LogP contribution in [0.15, 0.2) is 34.8 Å². The van der Waals surface area contributed by atoms with Crippen LogP contribution in [-0.4, -0.2) is 22.5 Å². The summed E-state index contributed by atoms with van der Waals surface area (Å²) in [6, 6.07) is 7.52. The number of halogens is 1. The minimum atomic E-state index is -1.08. The van der Waals surface area contributed by atoms with Gasteiger partial charge < -0.3 is 10.4 Å². The number of benzene rings is 1. The molecule has 5 heteroatoms. The van der Waals surface area contributed by atoms with Gasteiger partial charge in [-0.2, -0.15) is 0 Å². The maximum atomic E-state index is 11.9. The number of rotatable bonds is 4. The number of hydrogen-bond donors (Lipinski definition) is 2. The van der Waals surface area contributed by atoms with Gasteiger partial charge in [-0.3, -0.25) is 4.79 Å². The first-order valence-corrected chi connectivity index (χ1v) is 7.30. The van der Waals surface area contributed by atoms with E-state index in [1.54, 1.807) is 6.08 Å². The van der Waals surface area contributed by atoms with Crippen LogP contribution in [-0.2, 0) is 9.59 Å². The van der Waals surface area contributed by atoms with Crippen LogP contribution in [0.25, 0.3) is 6.08 Å². The van der Waals surface area contributed by atoms with Gasteiger partial charge in [-0.05, 0) is 36.6 Å². The normalized spacial score (nSPS) is 17.2. The molecule has 1 aliphatic rings. The number of carbonyl (C=O) groups excluding carboxylic acids is 1. The maximum Gasteiger partial charge on any atom is 0.329 e. The van der Waals surface area contributed by atoms with Gasteiger partial charge in [0.2, 0.25) is 5.91 Å². The third-order valence-electron chi connectivity index (χ3n) is 3.50. The second kappa shape index (κ2) is 6.22. The molecule has 0 aromatic heterocycles. The molecule has 0 spiro atoms. The monoisotopic (exact) mass is 337 g/mol. The lowest BCUT2D eigenvalue weighted by Gasteiger charge is -2.24. The van der Waals surface area contributed by atoms with E-state index in [-0.39, 0.29) is 5.91 Å². The summed E-state index contributed by atoms with van der Waals surface area (Å²) in [5.74, 6) is -1.31. The highest BCUT2D eigenvalue weighted by Gasteiger charge is 2.42. The molecule has 1 aromatic rings. The Balaban J connectivity index is 2.03. The molecule has 0 aliphatic heterocycles. The van der Waals surface area contributed by atoms with Crippen molar-refractivity contribution in [1.82, 2.24) is 5.32 Å². The molecule has 0 bridgehead atoms. The molecule has 20 heavy (non-hydrogen) atoms. The first-order valence-electron chi connectivity index (χ1n) is 6.51. The first-order chi connectivity index (χ1) is 9.52. The molecule has 0 radical (unpaired) electrons. The highest BCUT2D eigenvalue weighted by molar-refractivity contribution is 9.10. The van der Waals surface area contributed by atoms with Crippen molar-refractivity contribution >= 4 is 33.9 Å². The third kappa shape index (κ3) is 3.48. The molecular formula is C15H16BrNO3. The van der Waals surface area contributed by atoms with E-state index >= 15 is 0 Å². The molecule has 2 rings (SSSR count). The van der Waals surface area contributed by atoms with E-state index < -0.39 is 11.5 Å². The molecule has 106 valence electrons. The van der Waals surface area contributed by atoms with E-state index in [0.29, 0.717) is 12.8 Å². The summed E-state index contributed by atoms with van der Waals surface area (Å²) in [5, 5.41) is 11.9. The predicted octanol–water partition coefficient (Wildman–Crippen LogP) is 2.98. The van der Waals surface area contributed by atoms with Crippen LogP contribution in [0.5, 0.6) is 0 Å². The molecule has 2 N–H and O–H groups in total. The topological polar surface area (TPSA) is 66.4 Å². The second-order valence-electron chi connectivity index (χ2n) is 4.97. The average Bonchev–Trinajstić information content (AvgIpc) is 2.86. The molecule has 1 saturated carbocycles. The number of amides is 1. The summed E-state index contributed by atoms with van der Waals surface area (Å²) in [4.78, 5) is 23.2. The summed E-state index contributed by atoms with van der Waals surface area (Å²) in [6.45, 7) is 0. The van der Waals surface area contributed by atoms with Gasteiger partial charge in [-0.15, -0.1) is 0 Å². The van der Waals surface area contributed by atoms with Crippen LogP contribution in [0.3, 0.4) is 0 Å². The molecule has 0 saturated heterocycles. The van der Waals surface area contributed by atoms with Gasteiger partial charge >= 0.3 is 5.97 Å². The van der Waals surface area contributed by atoms with E-state index in [4.69, 9.17) is 0 Å². The molecule has 0 atom stereocenters. The van der Waals surface area contributed by atoms with E-state index in [1.165, 1.54) is 6.08 Å². The van der Waals surface area contributed by atoms with Crippen LogP contribution in [0, 0.1) is 0 Å². The van der Waals surface area contributed by atoms with Crippen LogP contribution in [0.4, 0.5) is 0 Å². The van der Waals surface area contributed by atoms with Gasteiger partial charge in [-0.1, -0.05) is 40.9 Å².